The minimum Gasteiger partial charge on any atom is -0.761 e. The maximum atomic E-state index is 8.23. The van der Waals surface area contributed by atoms with Gasteiger partial charge < -0.3 is 5.41 Å². The van der Waals surface area contributed by atoms with Gasteiger partial charge in [-0.3, -0.25) is 0 Å². The van der Waals surface area contributed by atoms with Gasteiger partial charge in [0.05, 0.1) is 0 Å². The summed E-state index contributed by atoms with van der Waals surface area (Å²) in [6.07, 6.45) is 1.19. The van der Waals surface area contributed by atoms with Crippen molar-refractivity contribution in [2.24, 2.45) is 9.98 Å². The topological polar surface area (TPSA) is 70.8 Å². The Balaban J connectivity index is 3.09. The molecule has 0 aromatic carbocycles. The normalized spacial score (nSPS) is 14.6. The Morgan fingerprint density at radius 3 is 2.89 bits per heavy atom. The van der Waals surface area contributed by atoms with Crippen LogP contribution in [0.2, 0.25) is 0 Å². The molecule has 1 heterocycles. The molecular formula is C5HN4-. The molecule has 0 saturated carbocycles. The van der Waals surface area contributed by atoms with Gasteiger partial charge in [0.2, 0.25) is 0 Å². The summed E-state index contributed by atoms with van der Waals surface area (Å²) in [5, 5.41) is 16.5. The highest BCUT2D eigenvalue weighted by molar-refractivity contribution is 6.21. The molecule has 0 radical (unpaired) electrons. The second-order valence-corrected chi connectivity index (χ2v) is 1.29. The molecule has 0 fully saturated rings. The van der Waals surface area contributed by atoms with E-state index in [1.165, 1.54) is 6.34 Å². The van der Waals surface area contributed by atoms with Crippen molar-refractivity contribution in [2.75, 3.05) is 0 Å². The van der Waals surface area contributed by atoms with Crippen LogP contribution in [0.25, 0.3) is 5.41 Å². The molecule has 1 aliphatic heterocycles. The quantitative estimate of drug-likeness (QED) is 0.415. The van der Waals surface area contributed by atoms with Crippen molar-refractivity contribution in [3.05, 3.63) is 11.1 Å². The summed E-state index contributed by atoms with van der Waals surface area (Å²) in [5.74, 6) is 1.73. The fourth-order valence-corrected chi connectivity index (χ4v) is 0.430. The van der Waals surface area contributed by atoms with Gasteiger partial charge in [0.15, 0.2) is 5.71 Å². The summed E-state index contributed by atoms with van der Waals surface area (Å²) in [7, 11) is 0. The van der Waals surface area contributed by atoms with E-state index in [4.69, 9.17) is 10.7 Å². The van der Waals surface area contributed by atoms with Gasteiger partial charge in [-0.05, 0) is 0 Å². The van der Waals surface area contributed by atoms with Gasteiger partial charge in [-0.1, -0.05) is 0 Å². The molecule has 4 heteroatoms. The Kier molecular flexibility index (Phi) is 1.22. The first-order chi connectivity index (χ1) is 4.38. The van der Waals surface area contributed by atoms with Gasteiger partial charge in [-0.25, -0.2) is 15.9 Å². The SMILES string of the molecule is N#CC1=NC=NC1=C=[N-]. The summed E-state index contributed by atoms with van der Waals surface area (Å²) in [4.78, 5) is 7.02. The fraction of sp³-hybridized carbons (Fsp3) is 0. The molecule has 0 unspecified atom stereocenters. The summed E-state index contributed by atoms with van der Waals surface area (Å²) in [6, 6.07) is 1.73. The molecular weight excluding hydrogens is 116 g/mol. The van der Waals surface area contributed by atoms with Crippen LogP contribution in [-0.2, 0) is 0 Å². The number of allylic oxidation sites excluding steroid dienone is 1. The van der Waals surface area contributed by atoms with Gasteiger partial charge in [0.1, 0.15) is 18.1 Å². The van der Waals surface area contributed by atoms with Gasteiger partial charge in [-0.15, -0.1) is 0 Å². The zero-order valence-electron chi connectivity index (χ0n) is 4.37. The third-order valence-corrected chi connectivity index (χ3v) is 0.810. The Labute approximate surface area is 51.4 Å². The minimum absolute atomic E-state index is 0.0949. The van der Waals surface area contributed by atoms with Crippen molar-refractivity contribution in [1.82, 2.24) is 0 Å². The van der Waals surface area contributed by atoms with Gasteiger partial charge in [0, 0.05) is 0 Å². The molecule has 0 atom stereocenters. The molecule has 0 N–H and O–H groups in total. The molecule has 1 rings (SSSR count). The van der Waals surface area contributed by atoms with E-state index in [-0.39, 0.29) is 11.4 Å². The Bertz CT molecular complexity index is 272. The van der Waals surface area contributed by atoms with Gasteiger partial charge in [-0.2, -0.15) is 5.26 Å². The van der Waals surface area contributed by atoms with Crippen LogP contribution in [0.15, 0.2) is 15.7 Å². The molecule has 0 aromatic rings. The molecule has 0 amide bonds. The van der Waals surface area contributed by atoms with E-state index in [1.807, 2.05) is 0 Å². The zero-order chi connectivity index (χ0) is 6.69. The number of hydrogen-bond donors (Lipinski definition) is 0. The number of nitriles is 1. The van der Waals surface area contributed by atoms with Crippen molar-refractivity contribution >= 4 is 17.9 Å². The predicted octanol–water partition coefficient (Wildman–Crippen LogP) is 0.116. The first-order valence-electron chi connectivity index (χ1n) is 2.16. The molecule has 0 saturated heterocycles. The number of nitrogens with zero attached hydrogens (tertiary/aromatic N) is 4. The van der Waals surface area contributed by atoms with E-state index in [0.717, 1.165) is 0 Å². The average Bonchev–Trinajstić information content (AvgIpc) is 2.33. The summed E-state index contributed by atoms with van der Waals surface area (Å²) < 4.78 is 0. The van der Waals surface area contributed by atoms with Crippen LogP contribution in [0.5, 0.6) is 0 Å². The second-order valence-electron chi connectivity index (χ2n) is 1.29. The number of hydrogen-bond acceptors (Lipinski definition) is 3. The molecule has 0 aliphatic carbocycles. The molecule has 1 aliphatic rings. The Morgan fingerprint density at radius 2 is 2.44 bits per heavy atom. The maximum Gasteiger partial charge on any atom is 0.174 e. The maximum absolute atomic E-state index is 8.23. The van der Waals surface area contributed by atoms with Gasteiger partial charge >= 0.3 is 0 Å². The van der Waals surface area contributed by atoms with Crippen LogP contribution in [0.3, 0.4) is 0 Å². The van der Waals surface area contributed by atoms with Crippen LogP contribution in [0, 0.1) is 11.3 Å². The van der Waals surface area contributed by atoms with E-state index < -0.39 is 0 Å². The van der Waals surface area contributed by atoms with Crippen molar-refractivity contribution < 1.29 is 0 Å². The largest absolute Gasteiger partial charge is 0.761 e. The van der Waals surface area contributed by atoms with Crippen molar-refractivity contribution in [1.29, 1.82) is 5.26 Å². The molecule has 4 nitrogen and oxygen atoms in total. The first kappa shape index (κ1) is 5.42. The predicted molar refractivity (Wildman–Crippen MR) is 33.4 cm³/mol. The number of aliphatic imine (C=N–C) groups is 2. The van der Waals surface area contributed by atoms with Gasteiger partial charge in [0.25, 0.3) is 0 Å². The fourth-order valence-electron chi connectivity index (χ4n) is 0.430. The van der Waals surface area contributed by atoms with E-state index in [9.17, 15) is 0 Å². The highest BCUT2D eigenvalue weighted by atomic mass is 15.0. The monoisotopic (exact) mass is 117 g/mol. The molecule has 0 aromatic heterocycles. The third kappa shape index (κ3) is 0.763. The third-order valence-electron chi connectivity index (χ3n) is 0.810. The van der Waals surface area contributed by atoms with Crippen LogP contribution in [0.4, 0.5) is 0 Å². The lowest BCUT2D eigenvalue weighted by Gasteiger charge is -1.83. The summed E-state index contributed by atoms with van der Waals surface area (Å²) in [6.45, 7) is 0. The van der Waals surface area contributed by atoms with Crippen LogP contribution < -0.4 is 0 Å². The number of rotatable bonds is 0. The lowest BCUT2D eigenvalue weighted by atomic mass is 10.3. The Morgan fingerprint density at radius 1 is 1.67 bits per heavy atom. The highest BCUT2D eigenvalue weighted by Crippen LogP contribution is 1.99. The zero-order valence-corrected chi connectivity index (χ0v) is 4.37. The van der Waals surface area contributed by atoms with Crippen molar-refractivity contribution in [3.8, 4) is 6.07 Å². The second kappa shape index (κ2) is 2.03. The first-order valence-corrected chi connectivity index (χ1v) is 2.16. The standard InChI is InChI=1S/C5HN4/c6-1-4-5(2-7)9-3-8-4/h3H/q-1. The molecule has 0 bridgehead atoms. The highest BCUT2D eigenvalue weighted by Gasteiger charge is 2.04. The molecule has 42 valence electrons. The molecule has 9 heavy (non-hydrogen) atoms. The molecule has 0 spiro atoms. The smallest absolute Gasteiger partial charge is 0.174 e. The summed E-state index contributed by atoms with van der Waals surface area (Å²) in [5.41, 5.74) is 0.190. The van der Waals surface area contributed by atoms with Crippen molar-refractivity contribution in [2.45, 2.75) is 0 Å². The van der Waals surface area contributed by atoms with Crippen molar-refractivity contribution in [3.63, 3.8) is 0 Å². The van der Waals surface area contributed by atoms with Crippen LogP contribution in [-0.4, -0.2) is 17.9 Å². The minimum atomic E-state index is 0.0949. The van der Waals surface area contributed by atoms with E-state index >= 15 is 0 Å². The van der Waals surface area contributed by atoms with E-state index in [0.29, 0.717) is 0 Å². The van der Waals surface area contributed by atoms with Crippen LogP contribution >= 0.6 is 0 Å². The van der Waals surface area contributed by atoms with E-state index in [1.54, 1.807) is 11.9 Å². The average molecular weight is 117 g/mol. The lowest BCUT2D eigenvalue weighted by Crippen LogP contribution is -1.91. The lowest BCUT2D eigenvalue weighted by molar-refractivity contribution is 1.53. The summed E-state index contributed by atoms with van der Waals surface area (Å²) >= 11 is 0. The van der Waals surface area contributed by atoms with E-state index in [2.05, 4.69) is 9.98 Å². The van der Waals surface area contributed by atoms with Crippen LogP contribution in [0.1, 0.15) is 0 Å². The Hall–Kier alpha value is -1.72.